The van der Waals surface area contributed by atoms with Crippen molar-refractivity contribution in [3.05, 3.63) is 81.7 Å². The van der Waals surface area contributed by atoms with E-state index in [4.69, 9.17) is 10.7 Å². The highest BCUT2D eigenvalue weighted by atomic mass is 79.9. The van der Waals surface area contributed by atoms with Crippen molar-refractivity contribution < 1.29 is 8.42 Å². The highest BCUT2D eigenvalue weighted by Crippen LogP contribution is 2.31. The number of nitrogens with zero attached hydrogens (tertiary/aromatic N) is 4. The first-order valence-corrected chi connectivity index (χ1v) is 13.0. The summed E-state index contributed by atoms with van der Waals surface area (Å²) in [5, 5.41) is 3.34. The zero-order chi connectivity index (χ0) is 23.0. The van der Waals surface area contributed by atoms with Gasteiger partial charge in [-0.3, -0.25) is 4.57 Å². The summed E-state index contributed by atoms with van der Waals surface area (Å²) in [6, 6.07) is 14.7. The van der Waals surface area contributed by atoms with Crippen LogP contribution in [-0.4, -0.2) is 27.9 Å². The molecule has 0 fully saturated rings. The molecule has 1 aromatic carbocycles. The third-order valence-corrected chi connectivity index (χ3v) is 7.67. The fourth-order valence-electron chi connectivity index (χ4n) is 3.40. The number of hydrogen-bond acceptors (Lipinski definition) is 7. The standard InChI is InChI=1S/C22H17BrN6O2S2/c23-15-10-19-22(26-12-15)29(21(28-19)18-2-1-8-25-20(18)24)16-5-3-14(4-6-16)11-27-33(30,31)17-7-9-32-13-17/h1-10,12-13,27H,11H2,(H2,24,25). The number of pyridine rings is 2. The highest BCUT2D eigenvalue weighted by Gasteiger charge is 2.18. The molecule has 0 saturated carbocycles. The van der Waals surface area contributed by atoms with Crippen LogP contribution in [-0.2, 0) is 16.6 Å². The van der Waals surface area contributed by atoms with Crippen molar-refractivity contribution in [1.29, 1.82) is 0 Å². The molecular weight excluding hydrogens is 524 g/mol. The second kappa shape index (κ2) is 8.67. The molecule has 0 amide bonds. The van der Waals surface area contributed by atoms with Crippen molar-refractivity contribution in [3.63, 3.8) is 0 Å². The van der Waals surface area contributed by atoms with Crippen LogP contribution in [0.15, 0.2) is 81.1 Å². The first-order valence-electron chi connectivity index (χ1n) is 9.78. The average molecular weight is 541 g/mol. The van der Waals surface area contributed by atoms with Gasteiger partial charge >= 0.3 is 0 Å². The van der Waals surface area contributed by atoms with Crippen LogP contribution in [0.3, 0.4) is 0 Å². The molecule has 0 aliphatic heterocycles. The number of halogens is 1. The summed E-state index contributed by atoms with van der Waals surface area (Å²) in [6.07, 6.45) is 3.34. The predicted octanol–water partition coefficient (Wildman–Crippen LogP) is 4.37. The zero-order valence-electron chi connectivity index (χ0n) is 17.0. The van der Waals surface area contributed by atoms with E-state index in [1.54, 1.807) is 35.3 Å². The number of aromatic nitrogens is 4. The number of rotatable bonds is 6. The van der Waals surface area contributed by atoms with Crippen molar-refractivity contribution >= 4 is 54.3 Å². The molecule has 166 valence electrons. The molecule has 0 radical (unpaired) electrons. The van der Waals surface area contributed by atoms with Gasteiger partial charge < -0.3 is 5.73 Å². The Bertz CT molecular complexity index is 1550. The number of nitrogens with two attached hydrogens (primary N) is 1. The molecule has 0 aliphatic rings. The van der Waals surface area contributed by atoms with E-state index in [1.165, 1.54) is 11.3 Å². The topological polar surface area (TPSA) is 116 Å². The van der Waals surface area contributed by atoms with Crippen molar-refractivity contribution in [3.8, 4) is 17.1 Å². The van der Waals surface area contributed by atoms with Crippen LogP contribution in [0.25, 0.3) is 28.2 Å². The third kappa shape index (κ3) is 4.27. The zero-order valence-corrected chi connectivity index (χ0v) is 20.2. The molecule has 8 nitrogen and oxygen atoms in total. The van der Waals surface area contributed by atoms with E-state index in [2.05, 4.69) is 30.6 Å². The van der Waals surface area contributed by atoms with E-state index >= 15 is 0 Å². The number of nitrogen functional groups attached to an aromatic ring is 1. The van der Waals surface area contributed by atoms with Gasteiger partial charge in [-0.2, -0.15) is 11.3 Å². The van der Waals surface area contributed by atoms with Crippen LogP contribution in [0.4, 0.5) is 5.82 Å². The fraction of sp³-hybridized carbons (Fsp3) is 0.0455. The van der Waals surface area contributed by atoms with Crippen LogP contribution < -0.4 is 10.5 Å². The van der Waals surface area contributed by atoms with Gasteiger partial charge in [0.05, 0.1) is 10.5 Å². The van der Waals surface area contributed by atoms with Crippen LogP contribution in [0.2, 0.25) is 0 Å². The summed E-state index contributed by atoms with van der Waals surface area (Å²) >= 11 is 4.79. The lowest BCUT2D eigenvalue weighted by molar-refractivity contribution is 0.581. The van der Waals surface area contributed by atoms with E-state index < -0.39 is 10.0 Å². The van der Waals surface area contributed by atoms with Crippen molar-refractivity contribution in [2.75, 3.05) is 5.73 Å². The van der Waals surface area contributed by atoms with E-state index in [0.717, 1.165) is 15.7 Å². The Hall–Kier alpha value is -3.12. The summed E-state index contributed by atoms with van der Waals surface area (Å²) in [7, 11) is -3.54. The van der Waals surface area contributed by atoms with Gasteiger partial charge in [-0.1, -0.05) is 12.1 Å². The predicted molar refractivity (Wildman–Crippen MR) is 133 cm³/mol. The average Bonchev–Trinajstić information content (AvgIpc) is 3.47. The SMILES string of the molecule is Nc1ncccc1-c1nc2cc(Br)cnc2n1-c1ccc(CNS(=O)(=O)c2ccsc2)cc1. The van der Waals surface area contributed by atoms with Crippen LogP contribution >= 0.6 is 27.3 Å². The van der Waals surface area contributed by atoms with E-state index in [9.17, 15) is 8.42 Å². The molecule has 0 unspecified atom stereocenters. The Labute approximate surface area is 202 Å². The highest BCUT2D eigenvalue weighted by molar-refractivity contribution is 9.10. The first-order chi connectivity index (χ1) is 15.9. The van der Waals surface area contributed by atoms with Crippen molar-refractivity contribution in [2.24, 2.45) is 0 Å². The minimum Gasteiger partial charge on any atom is -0.383 e. The minimum absolute atomic E-state index is 0.177. The summed E-state index contributed by atoms with van der Waals surface area (Å²) in [5.74, 6) is 0.986. The van der Waals surface area contributed by atoms with Gasteiger partial charge in [-0.15, -0.1) is 0 Å². The molecule has 3 N–H and O–H groups in total. The van der Waals surface area contributed by atoms with Gasteiger partial charge in [0.15, 0.2) is 11.5 Å². The summed E-state index contributed by atoms with van der Waals surface area (Å²) < 4.78 is 30.1. The fourth-order valence-corrected chi connectivity index (χ4v) is 5.77. The summed E-state index contributed by atoms with van der Waals surface area (Å²) in [5.41, 5.74) is 9.84. The molecule has 11 heteroatoms. The Morgan fingerprint density at radius 3 is 2.67 bits per heavy atom. The van der Waals surface area contributed by atoms with Crippen LogP contribution in [0.1, 0.15) is 5.56 Å². The van der Waals surface area contributed by atoms with Crippen LogP contribution in [0, 0.1) is 0 Å². The lowest BCUT2D eigenvalue weighted by Gasteiger charge is -2.11. The van der Waals surface area contributed by atoms with Gasteiger partial charge in [-0.05, 0) is 63.3 Å². The molecule has 5 aromatic rings. The second-order valence-corrected chi connectivity index (χ2v) is 10.6. The number of benzene rings is 1. The number of nitrogens with one attached hydrogen (secondary N) is 1. The third-order valence-electron chi connectivity index (χ3n) is 5.01. The van der Waals surface area contributed by atoms with Crippen molar-refractivity contribution in [1.82, 2.24) is 24.2 Å². The maximum atomic E-state index is 12.4. The maximum absolute atomic E-state index is 12.4. The lowest BCUT2D eigenvalue weighted by Crippen LogP contribution is -2.22. The Morgan fingerprint density at radius 1 is 1.12 bits per heavy atom. The normalized spacial score (nSPS) is 11.8. The Kier molecular flexibility index (Phi) is 5.71. The van der Waals surface area contributed by atoms with Gasteiger partial charge in [0, 0.05) is 34.5 Å². The number of fused-ring (bicyclic) bond motifs is 1. The summed E-state index contributed by atoms with van der Waals surface area (Å²) in [6.45, 7) is 0.177. The van der Waals surface area contributed by atoms with E-state index in [0.29, 0.717) is 28.4 Å². The number of sulfonamides is 1. The molecular formula is C22H17BrN6O2S2. The lowest BCUT2D eigenvalue weighted by atomic mass is 10.2. The molecule has 0 aliphatic carbocycles. The van der Waals surface area contributed by atoms with Crippen LogP contribution in [0.5, 0.6) is 0 Å². The molecule has 33 heavy (non-hydrogen) atoms. The first kappa shape index (κ1) is 21.7. The quantitative estimate of drug-likeness (QED) is 0.330. The van der Waals surface area contributed by atoms with E-state index in [-0.39, 0.29) is 11.4 Å². The molecule has 0 saturated heterocycles. The largest absolute Gasteiger partial charge is 0.383 e. The molecule has 4 aromatic heterocycles. The van der Waals surface area contributed by atoms with Gasteiger partial charge in [-0.25, -0.2) is 28.1 Å². The number of anilines is 1. The van der Waals surface area contributed by atoms with Gasteiger partial charge in [0.1, 0.15) is 11.3 Å². The smallest absolute Gasteiger partial charge is 0.241 e. The Balaban J connectivity index is 1.51. The summed E-state index contributed by atoms with van der Waals surface area (Å²) in [4.78, 5) is 13.8. The second-order valence-electron chi connectivity index (χ2n) is 7.15. The van der Waals surface area contributed by atoms with Gasteiger partial charge in [0.2, 0.25) is 10.0 Å². The Morgan fingerprint density at radius 2 is 1.94 bits per heavy atom. The minimum atomic E-state index is -3.54. The van der Waals surface area contributed by atoms with Crippen molar-refractivity contribution in [2.45, 2.75) is 11.4 Å². The molecule has 0 atom stereocenters. The van der Waals surface area contributed by atoms with E-state index in [1.807, 2.05) is 41.0 Å². The molecule has 0 spiro atoms. The molecule has 4 heterocycles. The number of hydrogen-bond donors (Lipinski definition) is 2. The monoisotopic (exact) mass is 540 g/mol. The number of imidazole rings is 1. The number of thiophene rings is 1. The maximum Gasteiger partial charge on any atom is 0.241 e. The molecule has 0 bridgehead atoms. The molecule has 5 rings (SSSR count). The van der Waals surface area contributed by atoms with Gasteiger partial charge in [0.25, 0.3) is 0 Å².